The number of aromatic nitrogens is 1. The lowest BCUT2D eigenvalue weighted by atomic mass is 10.2. The van der Waals surface area contributed by atoms with Crippen molar-refractivity contribution in [2.45, 2.75) is 6.54 Å². The summed E-state index contributed by atoms with van der Waals surface area (Å²) in [7, 11) is 3.18. The van der Waals surface area contributed by atoms with E-state index in [0.717, 1.165) is 4.88 Å². The maximum Gasteiger partial charge on any atom is 0.236 e. The fourth-order valence-corrected chi connectivity index (χ4v) is 2.80. The lowest BCUT2D eigenvalue weighted by Gasteiger charge is -2.11. The van der Waals surface area contributed by atoms with Crippen LogP contribution in [0.2, 0.25) is 0 Å². The molecule has 2 aromatic heterocycles. The number of anilines is 1. The van der Waals surface area contributed by atoms with E-state index >= 15 is 0 Å². The van der Waals surface area contributed by atoms with Gasteiger partial charge in [-0.05, 0) is 23.6 Å². The van der Waals surface area contributed by atoms with Gasteiger partial charge in [0, 0.05) is 6.07 Å². The van der Waals surface area contributed by atoms with Crippen LogP contribution < -0.4 is 20.5 Å². The molecule has 1 aromatic carbocycles. The molecule has 9 heteroatoms. The summed E-state index contributed by atoms with van der Waals surface area (Å²) in [5, 5.41) is 4.98. The molecule has 0 aliphatic carbocycles. The maximum absolute atomic E-state index is 5.96. The van der Waals surface area contributed by atoms with E-state index in [1.54, 1.807) is 50.0 Å². The molecule has 0 aliphatic heterocycles. The number of benzene rings is 1. The van der Waals surface area contributed by atoms with E-state index in [2.05, 4.69) is 15.3 Å². The molecule has 2 heterocycles. The summed E-state index contributed by atoms with van der Waals surface area (Å²) in [5.74, 6) is 2.15. The number of nitrogens with two attached hydrogens (primary N) is 1. The smallest absolute Gasteiger partial charge is 0.236 e. The largest absolute Gasteiger partial charge is 0.497 e. The number of aliphatic imine (C=N–C) groups is 1. The van der Waals surface area contributed by atoms with Gasteiger partial charge in [-0.1, -0.05) is 6.07 Å². The molecular formula is C17H19IN4O3S. The number of halogens is 1. The van der Waals surface area contributed by atoms with Gasteiger partial charge in [0.15, 0.2) is 5.96 Å². The number of methoxy groups -OCH3 is 2. The highest BCUT2D eigenvalue weighted by atomic mass is 127. The third-order valence-electron chi connectivity index (χ3n) is 3.36. The van der Waals surface area contributed by atoms with E-state index in [1.165, 1.54) is 0 Å². The van der Waals surface area contributed by atoms with Crippen LogP contribution in [0.4, 0.5) is 5.69 Å². The van der Waals surface area contributed by atoms with Gasteiger partial charge in [-0.15, -0.1) is 35.3 Å². The number of rotatable bonds is 6. The van der Waals surface area contributed by atoms with Crippen LogP contribution in [0.3, 0.4) is 0 Å². The summed E-state index contributed by atoms with van der Waals surface area (Å²) in [4.78, 5) is 9.66. The maximum atomic E-state index is 5.96. The van der Waals surface area contributed by atoms with E-state index in [4.69, 9.17) is 19.6 Å². The van der Waals surface area contributed by atoms with Crippen molar-refractivity contribution >= 4 is 47.0 Å². The summed E-state index contributed by atoms with van der Waals surface area (Å²) >= 11 is 1.57. The molecule has 3 rings (SSSR count). The SMILES string of the molecule is COc1ccc(OC)c(NC(N)=NCc2coc(-c3cccs3)n2)c1.I. The van der Waals surface area contributed by atoms with Crippen molar-refractivity contribution < 1.29 is 13.9 Å². The van der Waals surface area contributed by atoms with Crippen LogP contribution >= 0.6 is 35.3 Å². The second-order valence-corrected chi connectivity index (χ2v) is 5.96. The average Bonchev–Trinajstić information content (AvgIpc) is 3.31. The summed E-state index contributed by atoms with van der Waals surface area (Å²) in [6.07, 6.45) is 1.58. The molecule has 26 heavy (non-hydrogen) atoms. The zero-order chi connectivity index (χ0) is 17.6. The average molecular weight is 486 g/mol. The highest BCUT2D eigenvalue weighted by Gasteiger charge is 2.08. The molecule has 3 aromatic rings. The zero-order valence-electron chi connectivity index (χ0n) is 14.3. The highest BCUT2D eigenvalue weighted by Crippen LogP contribution is 2.28. The van der Waals surface area contributed by atoms with Crippen molar-refractivity contribution in [3.05, 3.63) is 47.7 Å². The first-order valence-electron chi connectivity index (χ1n) is 7.47. The van der Waals surface area contributed by atoms with Crippen LogP contribution in [0.15, 0.2) is 51.4 Å². The van der Waals surface area contributed by atoms with Gasteiger partial charge in [0.25, 0.3) is 0 Å². The fraction of sp³-hybridized carbons (Fsp3) is 0.176. The number of guanidine groups is 1. The Kier molecular flexibility index (Phi) is 7.27. The number of nitrogens with zero attached hydrogens (tertiary/aromatic N) is 2. The van der Waals surface area contributed by atoms with Crippen LogP contribution in [-0.4, -0.2) is 25.2 Å². The van der Waals surface area contributed by atoms with Crippen molar-refractivity contribution in [1.82, 2.24) is 4.98 Å². The van der Waals surface area contributed by atoms with Crippen molar-refractivity contribution in [3.63, 3.8) is 0 Å². The molecule has 138 valence electrons. The predicted molar refractivity (Wildman–Crippen MR) is 114 cm³/mol. The fourth-order valence-electron chi connectivity index (χ4n) is 2.15. The van der Waals surface area contributed by atoms with Gasteiger partial charge in [0.1, 0.15) is 23.5 Å². The molecular weight excluding hydrogens is 467 g/mol. The van der Waals surface area contributed by atoms with Crippen LogP contribution in [-0.2, 0) is 6.54 Å². The number of nitrogens with one attached hydrogen (secondary N) is 1. The Bertz CT molecular complexity index is 865. The van der Waals surface area contributed by atoms with Crippen LogP contribution in [0.1, 0.15) is 5.69 Å². The molecule has 0 atom stereocenters. The molecule has 0 amide bonds. The summed E-state index contributed by atoms with van der Waals surface area (Å²) < 4.78 is 16.0. The van der Waals surface area contributed by atoms with Crippen molar-refractivity contribution in [2.24, 2.45) is 10.7 Å². The Balaban J connectivity index is 0.00000243. The third kappa shape index (κ3) is 4.88. The van der Waals surface area contributed by atoms with Crippen molar-refractivity contribution in [1.29, 1.82) is 0 Å². The van der Waals surface area contributed by atoms with Crippen molar-refractivity contribution in [2.75, 3.05) is 19.5 Å². The van der Waals surface area contributed by atoms with Gasteiger partial charge in [0.2, 0.25) is 5.89 Å². The first-order valence-corrected chi connectivity index (χ1v) is 8.35. The lowest BCUT2D eigenvalue weighted by Crippen LogP contribution is -2.23. The van der Waals surface area contributed by atoms with Crippen molar-refractivity contribution in [3.8, 4) is 22.3 Å². The molecule has 0 aliphatic rings. The standard InChI is InChI=1S/C17H18N4O3S.HI/c1-22-12-5-6-14(23-2)13(8-12)21-17(18)19-9-11-10-24-16(20-11)15-4-3-7-25-15;/h3-8,10H,9H2,1-2H3,(H3,18,19,21);1H. The number of thiophene rings is 1. The Morgan fingerprint density at radius 2 is 2.15 bits per heavy atom. The predicted octanol–water partition coefficient (Wildman–Crippen LogP) is 3.97. The molecule has 0 saturated carbocycles. The molecule has 0 fully saturated rings. The van der Waals surface area contributed by atoms with E-state index in [0.29, 0.717) is 35.3 Å². The minimum absolute atomic E-state index is 0. The minimum Gasteiger partial charge on any atom is -0.497 e. The zero-order valence-corrected chi connectivity index (χ0v) is 17.4. The van der Waals surface area contributed by atoms with Gasteiger partial charge < -0.3 is 24.9 Å². The number of ether oxygens (including phenoxy) is 2. The molecule has 0 saturated heterocycles. The van der Waals surface area contributed by atoms with Gasteiger partial charge in [-0.2, -0.15) is 0 Å². The summed E-state index contributed by atoms with van der Waals surface area (Å²) in [5.41, 5.74) is 7.33. The van der Waals surface area contributed by atoms with E-state index < -0.39 is 0 Å². The normalized spacial score (nSPS) is 10.9. The highest BCUT2D eigenvalue weighted by molar-refractivity contribution is 14.0. The Morgan fingerprint density at radius 3 is 2.85 bits per heavy atom. The van der Waals surface area contributed by atoms with Gasteiger partial charge in [0.05, 0.1) is 31.3 Å². The third-order valence-corrected chi connectivity index (χ3v) is 4.22. The number of hydrogen-bond donors (Lipinski definition) is 2. The lowest BCUT2D eigenvalue weighted by molar-refractivity contribution is 0.405. The second-order valence-electron chi connectivity index (χ2n) is 5.01. The van der Waals surface area contributed by atoms with Gasteiger partial charge in [-0.25, -0.2) is 9.98 Å². The van der Waals surface area contributed by atoms with Gasteiger partial charge >= 0.3 is 0 Å². The molecule has 0 spiro atoms. The molecule has 0 bridgehead atoms. The van der Waals surface area contributed by atoms with E-state index in [-0.39, 0.29) is 29.9 Å². The monoisotopic (exact) mass is 486 g/mol. The molecule has 0 radical (unpaired) electrons. The number of hydrogen-bond acceptors (Lipinski definition) is 6. The first kappa shape index (κ1) is 20.0. The van der Waals surface area contributed by atoms with Crippen LogP contribution in [0.5, 0.6) is 11.5 Å². The minimum atomic E-state index is 0. The van der Waals surface area contributed by atoms with Gasteiger partial charge in [-0.3, -0.25) is 0 Å². The molecule has 7 nitrogen and oxygen atoms in total. The molecule has 3 N–H and O–H groups in total. The Labute approximate surface area is 172 Å². The van der Waals surface area contributed by atoms with Crippen LogP contribution in [0, 0.1) is 0 Å². The first-order chi connectivity index (χ1) is 12.2. The van der Waals surface area contributed by atoms with E-state index in [1.807, 2.05) is 17.5 Å². The Hall–Kier alpha value is -2.27. The summed E-state index contributed by atoms with van der Waals surface area (Å²) in [6, 6.07) is 9.28. The molecule has 0 unspecified atom stereocenters. The second kappa shape index (κ2) is 9.43. The van der Waals surface area contributed by atoms with Crippen LogP contribution in [0.25, 0.3) is 10.8 Å². The topological polar surface area (TPSA) is 94.9 Å². The van der Waals surface area contributed by atoms with E-state index in [9.17, 15) is 0 Å². The number of oxazole rings is 1. The summed E-state index contributed by atoms with van der Waals surface area (Å²) in [6.45, 7) is 0.306. The Morgan fingerprint density at radius 1 is 1.31 bits per heavy atom. The quantitative estimate of drug-likeness (QED) is 0.311.